The molecule has 5 heteroatoms. The Hall–Kier alpha value is -0.970. The summed E-state index contributed by atoms with van der Waals surface area (Å²) in [6.45, 7) is 5.92. The SMILES string of the molecule is CC1CC[NH+](Cc2nnnn2C2CCCC2)CC1. The van der Waals surface area contributed by atoms with Crippen LogP contribution in [0.1, 0.15) is 57.3 Å². The van der Waals surface area contributed by atoms with Gasteiger partial charge in [0.1, 0.15) is 6.54 Å². The lowest BCUT2D eigenvalue weighted by atomic mass is 9.99. The maximum Gasteiger partial charge on any atom is 0.206 e. The second kappa shape index (κ2) is 5.34. The van der Waals surface area contributed by atoms with E-state index in [4.69, 9.17) is 0 Å². The van der Waals surface area contributed by atoms with Gasteiger partial charge in [-0.3, -0.25) is 0 Å². The van der Waals surface area contributed by atoms with Crippen LogP contribution in [0.25, 0.3) is 0 Å². The van der Waals surface area contributed by atoms with Gasteiger partial charge in [0, 0.05) is 0 Å². The highest BCUT2D eigenvalue weighted by molar-refractivity contribution is 4.84. The second-order valence-electron chi connectivity index (χ2n) is 6.09. The van der Waals surface area contributed by atoms with Gasteiger partial charge in [-0.1, -0.05) is 19.8 Å². The van der Waals surface area contributed by atoms with Gasteiger partial charge in [0.25, 0.3) is 0 Å². The minimum absolute atomic E-state index is 0.568. The van der Waals surface area contributed by atoms with Crippen LogP contribution in [-0.4, -0.2) is 33.3 Å². The molecule has 100 valence electrons. The van der Waals surface area contributed by atoms with E-state index in [0.717, 1.165) is 18.3 Å². The summed E-state index contributed by atoms with van der Waals surface area (Å²) in [6.07, 6.45) is 7.87. The summed E-state index contributed by atoms with van der Waals surface area (Å²) < 4.78 is 2.11. The summed E-state index contributed by atoms with van der Waals surface area (Å²) in [7, 11) is 0. The molecular weight excluding hydrogens is 226 g/mol. The first kappa shape index (κ1) is 12.1. The van der Waals surface area contributed by atoms with Crippen LogP contribution in [0, 0.1) is 5.92 Å². The first-order chi connectivity index (χ1) is 8.83. The molecule has 1 saturated carbocycles. The van der Waals surface area contributed by atoms with E-state index >= 15 is 0 Å². The predicted octanol–water partition coefficient (Wildman–Crippen LogP) is 0.603. The van der Waals surface area contributed by atoms with Gasteiger partial charge in [-0.25, -0.2) is 4.68 Å². The van der Waals surface area contributed by atoms with E-state index in [2.05, 4.69) is 27.1 Å². The number of nitrogens with one attached hydrogen (secondary N) is 1. The standard InChI is InChI=1S/C13H23N5/c1-11-6-8-17(9-7-11)10-13-14-15-16-18(13)12-4-2-3-5-12/h11-12H,2-10H2,1H3/p+1. The fraction of sp³-hybridized carbons (Fsp3) is 0.923. The number of piperidine rings is 1. The van der Waals surface area contributed by atoms with Crippen LogP contribution in [0.4, 0.5) is 0 Å². The van der Waals surface area contributed by atoms with E-state index in [9.17, 15) is 0 Å². The molecule has 0 radical (unpaired) electrons. The monoisotopic (exact) mass is 250 g/mol. The van der Waals surface area contributed by atoms with Gasteiger partial charge in [-0.05, 0) is 42.0 Å². The quantitative estimate of drug-likeness (QED) is 0.855. The highest BCUT2D eigenvalue weighted by atomic mass is 15.6. The largest absolute Gasteiger partial charge is 0.329 e. The van der Waals surface area contributed by atoms with Crippen molar-refractivity contribution in [3.63, 3.8) is 0 Å². The second-order valence-corrected chi connectivity index (χ2v) is 6.09. The molecule has 3 rings (SSSR count). The van der Waals surface area contributed by atoms with Crippen molar-refractivity contribution in [3.8, 4) is 0 Å². The third-order valence-electron chi connectivity index (χ3n) is 4.62. The smallest absolute Gasteiger partial charge is 0.206 e. The summed E-state index contributed by atoms with van der Waals surface area (Å²) in [5, 5.41) is 12.4. The molecular formula is C13H24N5+. The maximum absolute atomic E-state index is 4.25. The Morgan fingerprint density at radius 3 is 2.61 bits per heavy atom. The normalized spacial score (nSPS) is 29.8. The summed E-state index contributed by atoms with van der Waals surface area (Å²) in [5.74, 6) is 2.01. The average molecular weight is 250 g/mol. The molecule has 2 heterocycles. The van der Waals surface area contributed by atoms with Crippen LogP contribution in [-0.2, 0) is 6.54 Å². The summed E-state index contributed by atoms with van der Waals surface area (Å²) in [6, 6.07) is 0.568. The minimum atomic E-state index is 0.568. The molecule has 0 atom stereocenters. The molecule has 1 aromatic heterocycles. The van der Waals surface area contributed by atoms with Gasteiger partial charge in [0.2, 0.25) is 5.82 Å². The number of tetrazole rings is 1. The van der Waals surface area contributed by atoms with Crippen LogP contribution >= 0.6 is 0 Å². The Morgan fingerprint density at radius 1 is 1.17 bits per heavy atom. The molecule has 5 nitrogen and oxygen atoms in total. The molecule has 1 saturated heterocycles. The Labute approximate surface area is 109 Å². The Kier molecular flexibility index (Phi) is 3.59. The van der Waals surface area contributed by atoms with Gasteiger partial charge in [-0.2, -0.15) is 0 Å². The van der Waals surface area contributed by atoms with Crippen molar-refractivity contribution in [1.29, 1.82) is 0 Å². The van der Waals surface area contributed by atoms with Crippen LogP contribution in [0.2, 0.25) is 0 Å². The van der Waals surface area contributed by atoms with E-state index in [1.165, 1.54) is 51.6 Å². The van der Waals surface area contributed by atoms with Crippen molar-refractivity contribution < 1.29 is 4.90 Å². The fourth-order valence-electron chi connectivity index (χ4n) is 3.33. The van der Waals surface area contributed by atoms with Crippen molar-refractivity contribution in [2.75, 3.05) is 13.1 Å². The number of likely N-dealkylation sites (tertiary alicyclic amines) is 1. The molecule has 0 unspecified atom stereocenters. The third-order valence-corrected chi connectivity index (χ3v) is 4.62. The van der Waals surface area contributed by atoms with Crippen molar-refractivity contribution in [2.45, 2.75) is 58.0 Å². The van der Waals surface area contributed by atoms with Crippen LogP contribution < -0.4 is 4.90 Å². The Morgan fingerprint density at radius 2 is 1.89 bits per heavy atom. The van der Waals surface area contributed by atoms with Gasteiger partial charge in [0.05, 0.1) is 19.1 Å². The zero-order valence-corrected chi connectivity index (χ0v) is 11.3. The lowest BCUT2D eigenvalue weighted by Crippen LogP contribution is -3.11. The van der Waals surface area contributed by atoms with Crippen LogP contribution in [0.5, 0.6) is 0 Å². The van der Waals surface area contributed by atoms with Gasteiger partial charge in [-0.15, -0.1) is 5.10 Å². The Balaban J connectivity index is 1.64. The van der Waals surface area contributed by atoms with E-state index in [1.54, 1.807) is 4.90 Å². The van der Waals surface area contributed by atoms with Gasteiger partial charge >= 0.3 is 0 Å². The van der Waals surface area contributed by atoms with Crippen molar-refractivity contribution in [2.24, 2.45) is 5.92 Å². The Bertz CT molecular complexity index is 374. The highest BCUT2D eigenvalue weighted by Crippen LogP contribution is 2.28. The number of rotatable bonds is 3. The lowest BCUT2D eigenvalue weighted by molar-refractivity contribution is -0.920. The summed E-state index contributed by atoms with van der Waals surface area (Å²) in [4.78, 5) is 1.65. The zero-order valence-electron chi connectivity index (χ0n) is 11.3. The molecule has 2 fully saturated rings. The number of hydrogen-bond donors (Lipinski definition) is 1. The number of nitrogens with zero attached hydrogens (tertiary/aromatic N) is 4. The first-order valence-corrected chi connectivity index (χ1v) is 7.43. The van der Waals surface area contributed by atoms with Gasteiger partial charge in [0.15, 0.2) is 0 Å². The van der Waals surface area contributed by atoms with E-state index < -0.39 is 0 Å². The molecule has 1 aliphatic heterocycles. The van der Waals surface area contributed by atoms with Crippen molar-refractivity contribution in [1.82, 2.24) is 20.2 Å². The molecule has 0 amide bonds. The maximum atomic E-state index is 4.25. The van der Waals surface area contributed by atoms with Crippen LogP contribution in [0.3, 0.4) is 0 Å². The van der Waals surface area contributed by atoms with E-state index in [0.29, 0.717) is 6.04 Å². The zero-order chi connectivity index (χ0) is 12.4. The predicted molar refractivity (Wildman–Crippen MR) is 68.1 cm³/mol. The van der Waals surface area contributed by atoms with Crippen molar-refractivity contribution in [3.05, 3.63) is 5.82 Å². The number of quaternary nitrogens is 1. The molecule has 1 N–H and O–H groups in total. The number of hydrogen-bond acceptors (Lipinski definition) is 3. The molecule has 2 aliphatic rings. The van der Waals surface area contributed by atoms with E-state index in [-0.39, 0.29) is 0 Å². The number of aromatic nitrogens is 4. The van der Waals surface area contributed by atoms with Crippen LogP contribution in [0.15, 0.2) is 0 Å². The molecule has 18 heavy (non-hydrogen) atoms. The molecule has 0 aromatic carbocycles. The third kappa shape index (κ3) is 2.55. The van der Waals surface area contributed by atoms with Gasteiger partial charge < -0.3 is 4.90 Å². The lowest BCUT2D eigenvalue weighted by Gasteiger charge is -2.27. The highest BCUT2D eigenvalue weighted by Gasteiger charge is 2.25. The summed E-state index contributed by atoms with van der Waals surface area (Å²) >= 11 is 0. The molecule has 0 bridgehead atoms. The first-order valence-electron chi connectivity index (χ1n) is 7.43. The fourth-order valence-corrected chi connectivity index (χ4v) is 3.33. The van der Waals surface area contributed by atoms with E-state index in [1.807, 2.05) is 0 Å². The minimum Gasteiger partial charge on any atom is -0.329 e. The topological polar surface area (TPSA) is 48.0 Å². The molecule has 1 aromatic rings. The molecule has 0 spiro atoms. The molecule has 1 aliphatic carbocycles. The summed E-state index contributed by atoms with van der Waals surface area (Å²) in [5.41, 5.74) is 0. The van der Waals surface area contributed by atoms with Crippen molar-refractivity contribution >= 4 is 0 Å². The average Bonchev–Trinajstić information content (AvgIpc) is 3.02.